The molecule has 0 bridgehead atoms. The minimum absolute atomic E-state index is 0.910. The van der Waals surface area contributed by atoms with Gasteiger partial charge in [0.15, 0.2) is 0 Å². The van der Waals surface area contributed by atoms with Crippen LogP contribution in [0.4, 0.5) is 0 Å². The molecule has 1 aromatic carbocycles. The van der Waals surface area contributed by atoms with E-state index >= 15 is 0 Å². The van der Waals surface area contributed by atoms with Gasteiger partial charge in [0, 0.05) is 54.8 Å². The summed E-state index contributed by atoms with van der Waals surface area (Å²) in [5, 5.41) is 1.35. The molecule has 0 aliphatic carbocycles. The Morgan fingerprint density at radius 3 is 2.90 bits per heavy atom. The second-order valence-electron chi connectivity index (χ2n) is 5.29. The van der Waals surface area contributed by atoms with Crippen LogP contribution in [0.3, 0.4) is 0 Å². The van der Waals surface area contributed by atoms with E-state index in [0.717, 1.165) is 25.3 Å². The Kier molecular flexibility index (Phi) is 4.01. The van der Waals surface area contributed by atoms with Gasteiger partial charge in [-0.2, -0.15) is 0 Å². The topological polar surface area (TPSA) is 20.5 Å². The van der Waals surface area contributed by atoms with Gasteiger partial charge >= 0.3 is 0 Å². The number of nitrogens with zero attached hydrogens (tertiary/aromatic N) is 3. The Labute approximate surface area is 124 Å². The van der Waals surface area contributed by atoms with Crippen molar-refractivity contribution in [1.82, 2.24) is 9.47 Å². The third-order valence-corrected chi connectivity index (χ3v) is 4.86. The molecule has 1 fully saturated rings. The van der Waals surface area contributed by atoms with E-state index in [1.54, 1.807) is 0 Å². The predicted molar refractivity (Wildman–Crippen MR) is 87.8 cm³/mol. The summed E-state index contributed by atoms with van der Waals surface area (Å²) in [4.78, 5) is 8.37. The Bertz CT molecular complexity index is 630. The fourth-order valence-electron chi connectivity index (χ4n) is 2.74. The molecule has 1 aliphatic heterocycles. The fourth-order valence-corrected chi connectivity index (χ4v) is 3.71. The van der Waals surface area contributed by atoms with Crippen molar-refractivity contribution in [2.75, 3.05) is 25.9 Å². The number of aromatic nitrogens is 1. The number of thioether (sulfide) groups is 1. The summed E-state index contributed by atoms with van der Waals surface area (Å²) in [6.45, 7) is 2.07. The highest BCUT2D eigenvalue weighted by Crippen LogP contribution is 2.29. The van der Waals surface area contributed by atoms with Gasteiger partial charge in [0.1, 0.15) is 0 Å². The van der Waals surface area contributed by atoms with Crippen molar-refractivity contribution in [1.29, 1.82) is 0 Å². The second-order valence-corrected chi connectivity index (χ2v) is 6.43. The molecule has 0 radical (unpaired) electrons. The molecule has 4 heteroatoms. The summed E-state index contributed by atoms with van der Waals surface area (Å²) < 4.78 is 2.20. The van der Waals surface area contributed by atoms with E-state index in [0.29, 0.717) is 0 Å². The lowest BCUT2D eigenvalue weighted by molar-refractivity contribution is 0.548. The van der Waals surface area contributed by atoms with E-state index in [-0.39, 0.29) is 0 Å². The van der Waals surface area contributed by atoms with E-state index in [9.17, 15) is 0 Å². The Morgan fingerprint density at radius 2 is 2.10 bits per heavy atom. The second kappa shape index (κ2) is 5.92. The number of aryl methyl sites for hydroxylation is 1. The minimum Gasteiger partial charge on any atom is -0.363 e. The quantitative estimate of drug-likeness (QED) is 0.634. The molecule has 1 aromatic heterocycles. The van der Waals surface area contributed by atoms with Gasteiger partial charge in [0.25, 0.3) is 0 Å². The molecule has 3 nitrogen and oxygen atoms in total. The zero-order valence-corrected chi connectivity index (χ0v) is 13.0. The van der Waals surface area contributed by atoms with Crippen LogP contribution in [0, 0.1) is 0 Å². The van der Waals surface area contributed by atoms with Gasteiger partial charge in [0.2, 0.25) is 0 Å². The van der Waals surface area contributed by atoms with Gasteiger partial charge in [-0.1, -0.05) is 18.2 Å². The Balaban J connectivity index is 1.63. The molecule has 3 rings (SSSR count). The first-order valence-electron chi connectivity index (χ1n) is 7.17. The van der Waals surface area contributed by atoms with Crippen LogP contribution in [-0.4, -0.2) is 41.2 Å². The summed E-state index contributed by atoms with van der Waals surface area (Å²) in [7, 11) is 4.25. The molecule has 1 saturated heterocycles. The summed E-state index contributed by atoms with van der Waals surface area (Å²) in [6, 6.07) is 8.58. The molecule has 0 saturated carbocycles. The summed E-state index contributed by atoms with van der Waals surface area (Å²) in [5.74, 6) is 2.33. The normalized spacial score (nSPS) is 17.5. The van der Waals surface area contributed by atoms with Crippen molar-refractivity contribution < 1.29 is 0 Å². The third kappa shape index (κ3) is 2.70. The van der Waals surface area contributed by atoms with Crippen LogP contribution in [0.2, 0.25) is 0 Å². The highest BCUT2D eigenvalue weighted by molar-refractivity contribution is 7.99. The molecule has 20 heavy (non-hydrogen) atoms. The fraction of sp³-hybridized carbons (Fsp3) is 0.438. The Hall–Kier alpha value is -1.42. The number of rotatable bonds is 4. The van der Waals surface area contributed by atoms with E-state index < -0.39 is 0 Å². The zero-order chi connectivity index (χ0) is 13.9. The molecule has 0 spiro atoms. The molecule has 106 valence electrons. The van der Waals surface area contributed by atoms with Gasteiger partial charge in [-0.15, -0.1) is 11.8 Å². The van der Waals surface area contributed by atoms with Crippen molar-refractivity contribution in [3.05, 3.63) is 30.5 Å². The van der Waals surface area contributed by atoms with Crippen molar-refractivity contribution in [2.24, 2.45) is 12.0 Å². The van der Waals surface area contributed by atoms with Crippen LogP contribution < -0.4 is 0 Å². The molecule has 0 unspecified atom stereocenters. The smallest absolute Gasteiger partial charge is 0.0987 e. The van der Waals surface area contributed by atoms with Gasteiger partial charge in [-0.3, -0.25) is 4.99 Å². The molecular weight excluding hydrogens is 266 g/mol. The van der Waals surface area contributed by atoms with Crippen molar-refractivity contribution in [3.63, 3.8) is 0 Å². The molecule has 1 aliphatic rings. The molecule has 2 heterocycles. The molecule has 0 atom stereocenters. The lowest BCUT2D eigenvalue weighted by Crippen LogP contribution is -2.19. The van der Waals surface area contributed by atoms with Crippen LogP contribution in [0.5, 0.6) is 0 Å². The van der Waals surface area contributed by atoms with Gasteiger partial charge < -0.3 is 9.47 Å². The number of likely N-dealkylation sites (tertiary alicyclic amines) is 1. The monoisotopic (exact) mass is 287 g/mol. The SMILES string of the molecule is CN1CCC/C1=N\CCSc1cn(C)c2ccccc12. The first-order valence-corrected chi connectivity index (χ1v) is 8.15. The number of fused-ring (bicyclic) bond motifs is 1. The first kappa shape index (κ1) is 13.6. The average Bonchev–Trinajstić information content (AvgIpc) is 3.00. The first-order chi connectivity index (χ1) is 9.75. The molecule has 0 amide bonds. The van der Waals surface area contributed by atoms with E-state index in [1.807, 2.05) is 11.8 Å². The predicted octanol–water partition coefficient (Wildman–Crippen LogP) is 3.39. The van der Waals surface area contributed by atoms with E-state index in [4.69, 9.17) is 4.99 Å². The van der Waals surface area contributed by atoms with E-state index in [1.165, 1.54) is 28.1 Å². The van der Waals surface area contributed by atoms with Crippen LogP contribution in [-0.2, 0) is 7.05 Å². The zero-order valence-electron chi connectivity index (χ0n) is 12.2. The number of benzene rings is 1. The van der Waals surface area contributed by atoms with Gasteiger partial charge in [-0.25, -0.2) is 0 Å². The maximum Gasteiger partial charge on any atom is 0.0987 e. The van der Waals surface area contributed by atoms with Crippen molar-refractivity contribution in [3.8, 4) is 0 Å². The number of aliphatic imine (C=N–C) groups is 1. The van der Waals surface area contributed by atoms with Crippen LogP contribution in [0.15, 0.2) is 40.4 Å². The highest BCUT2D eigenvalue weighted by Gasteiger charge is 2.13. The molecule has 0 N–H and O–H groups in total. The molecular formula is C16H21N3S. The van der Waals surface area contributed by atoms with Gasteiger partial charge in [0.05, 0.1) is 12.4 Å². The number of hydrogen-bond acceptors (Lipinski definition) is 2. The maximum absolute atomic E-state index is 4.72. The summed E-state index contributed by atoms with van der Waals surface area (Å²) in [6.07, 6.45) is 4.63. The standard InChI is InChI=1S/C16H21N3S/c1-18-10-5-8-16(18)17-9-11-20-15-12-19(2)14-7-4-3-6-13(14)15/h3-4,6-7,12H,5,8-11H2,1-2H3/b17-16+. The number of amidine groups is 1. The number of para-hydroxylation sites is 1. The van der Waals surface area contributed by atoms with Gasteiger partial charge in [-0.05, 0) is 12.5 Å². The largest absolute Gasteiger partial charge is 0.363 e. The van der Waals surface area contributed by atoms with Crippen molar-refractivity contribution in [2.45, 2.75) is 17.7 Å². The van der Waals surface area contributed by atoms with E-state index in [2.05, 4.69) is 54.0 Å². The lowest BCUT2D eigenvalue weighted by Gasteiger charge is -2.10. The summed E-state index contributed by atoms with van der Waals surface area (Å²) >= 11 is 1.91. The number of hydrogen-bond donors (Lipinski definition) is 0. The summed E-state index contributed by atoms with van der Waals surface area (Å²) in [5.41, 5.74) is 1.30. The minimum atomic E-state index is 0.910. The lowest BCUT2D eigenvalue weighted by atomic mass is 10.2. The Morgan fingerprint density at radius 1 is 1.25 bits per heavy atom. The third-order valence-electron chi connectivity index (χ3n) is 3.84. The van der Waals surface area contributed by atoms with Crippen LogP contribution >= 0.6 is 11.8 Å². The maximum atomic E-state index is 4.72. The van der Waals surface area contributed by atoms with Crippen molar-refractivity contribution >= 4 is 28.5 Å². The molecule has 2 aromatic rings. The van der Waals surface area contributed by atoms with Crippen LogP contribution in [0.25, 0.3) is 10.9 Å². The average molecular weight is 287 g/mol. The van der Waals surface area contributed by atoms with Crippen LogP contribution in [0.1, 0.15) is 12.8 Å². The highest BCUT2D eigenvalue weighted by atomic mass is 32.2.